The average Bonchev–Trinajstić information content (AvgIpc) is 2.83. The molecule has 0 atom stereocenters. The van der Waals surface area contributed by atoms with Gasteiger partial charge in [-0.3, -0.25) is 4.79 Å². The summed E-state index contributed by atoms with van der Waals surface area (Å²) in [5.74, 6) is 1.49. The Morgan fingerprint density at radius 1 is 0.943 bits per heavy atom. The molecule has 4 aromatic rings. The van der Waals surface area contributed by atoms with E-state index in [2.05, 4.69) is 26.1 Å². The Morgan fingerprint density at radius 2 is 1.66 bits per heavy atom. The summed E-state index contributed by atoms with van der Waals surface area (Å²) in [5, 5.41) is 6.45. The van der Waals surface area contributed by atoms with Gasteiger partial charge in [0.25, 0.3) is 0 Å². The molecule has 3 aromatic carbocycles. The molecule has 0 saturated heterocycles. The normalized spacial score (nSPS) is 11.1. The van der Waals surface area contributed by atoms with Crippen LogP contribution < -0.4 is 31.4 Å². The molecule has 0 fully saturated rings. The summed E-state index contributed by atoms with van der Waals surface area (Å²) < 4.78 is 5.30. The van der Waals surface area contributed by atoms with Crippen molar-refractivity contribution in [1.29, 1.82) is 0 Å². The maximum absolute atomic E-state index is 12.2. The van der Waals surface area contributed by atoms with Crippen molar-refractivity contribution in [2.75, 3.05) is 23.2 Å². The molecule has 4 rings (SSSR count). The molecule has 0 spiro atoms. The first-order valence-electron chi connectivity index (χ1n) is 10.7. The van der Waals surface area contributed by atoms with Gasteiger partial charge in [-0.05, 0) is 50.2 Å². The zero-order chi connectivity index (χ0) is 25.0. The maximum atomic E-state index is 12.2. The number of rotatable bonds is 8. The van der Waals surface area contributed by atoms with Gasteiger partial charge in [-0.15, -0.1) is 0 Å². The first-order valence-corrected chi connectivity index (χ1v) is 11.1. The number of methoxy groups -OCH3 is 1. The van der Waals surface area contributed by atoms with Crippen LogP contribution in [0.4, 0.5) is 23.0 Å². The van der Waals surface area contributed by atoms with Gasteiger partial charge in [0.15, 0.2) is 11.6 Å². The molecule has 0 bridgehead atoms. The summed E-state index contributed by atoms with van der Waals surface area (Å²) in [7, 11) is 1.58. The van der Waals surface area contributed by atoms with Crippen LogP contribution in [0.2, 0.25) is 5.02 Å². The summed E-state index contributed by atoms with van der Waals surface area (Å²) in [6.45, 7) is 3.26. The number of nitrogens with one attached hydrogen (secondary N) is 3. The molecule has 1 aromatic heterocycles. The van der Waals surface area contributed by atoms with Gasteiger partial charge in [0.2, 0.25) is 11.7 Å². The second kappa shape index (κ2) is 10.0. The number of carbonyl (C=O) groups is 1. The Morgan fingerprint density at radius 3 is 2.34 bits per heavy atom. The van der Waals surface area contributed by atoms with E-state index in [0.29, 0.717) is 50.6 Å². The molecule has 35 heavy (non-hydrogen) atoms. The van der Waals surface area contributed by atoms with Crippen molar-refractivity contribution in [2.45, 2.75) is 19.4 Å². The highest BCUT2D eigenvalue weighted by atomic mass is 35.5. The summed E-state index contributed by atoms with van der Waals surface area (Å²) in [6.07, 6.45) is 0. The monoisotopic (exact) mass is 492 g/mol. The van der Waals surface area contributed by atoms with Gasteiger partial charge in [-0.1, -0.05) is 29.8 Å². The molecule has 0 aliphatic heterocycles. The Kier molecular flexibility index (Phi) is 6.90. The number of para-hydroxylation sites is 2. The van der Waals surface area contributed by atoms with Crippen molar-refractivity contribution in [3.05, 3.63) is 71.8 Å². The van der Waals surface area contributed by atoms with Crippen molar-refractivity contribution in [3.63, 3.8) is 0 Å². The lowest BCUT2D eigenvalue weighted by Crippen LogP contribution is -2.45. The lowest BCUT2D eigenvalue weighted by molar-refractivity contribution is -0.120. The minimum absolute atomic E-state index is 0.315. The van der Waals surface area contributed by atoms with Gasteiger partial charge >= 0.3 is 0 Å². The van der Waals surface area contributed by atoms with Gasteiger partial charge < -0.3 is 25.9 Å². The van der Waals surface area contributed by atoms with Gasteiger partial charge in [0, 0.05) is 17.8 Å². The number of ether oxygens (including phenoxy) is 1. The van der Waals surface area contributed by atoms with Crippen LogP contribution in [0.25, 0.3) is 11.0 Å². The van der Waals surface area contributed by atoms with Crippen LogP contribution in [0.1, 0.15) is 13.8 Å². The third kappa shape index (κ3) is 5.89. The summed E-state index contributed by atoms with van der Waals surface area (Å²) in [5.41, 5.74) is 10.2. The maximum Gasteiger partial charge on any atom is 0.243 e. The Hall–Kier alpha value is -4.08. The number of benzene rings is 3. The van der Waals surface area contributed by atoms with E-state index in [9.17, 15) is 4.79 Å². The van der Waals surface area contributed by atoms with Crippen molar-refractivity contribution >= 4 is 51.6 Å². The summed E-state index contributed by atoms with van der Waals surface area (Å²) in [4.78, 5) is 27.3. The smallest absolute Gasteiger partial charge is 0.243 e. The number of nitrogens with zero attached hydrogens (tertiary/aromatic N) is 2. The van der Waals surface area contributed by atoms with Crippen LogP contribution in [-0.2, 0) is 4.79 Å². The van der Waals surface area contributed by atoms with Crippen LogP contribution in [0.3, 0.4) is 0 Å². The van der Waals surface area contributed by atoms with Crippen LogP contribution in [0.15, 0.2) is 66.7 Å². The summed E-state index contributed by atoms with van der Waals surface area (Å²) in [6, 6.07) is 19.6. The van der Waals surface area contributed by atoms with E-state index in [4.69, 9.17) is 26.9 Å². The SMILES string of the molecule is COc1ccc(Cl)c(Nc2nc3ccccc3nc2NOc2cccc(NC(=O)C(C)(C)N)c2)c1. The minimum atomic E-state index is -1.02. The highest BCUT2D eigenvalue weighted by Crippen LogP contribution is 2.32. The van der Waals surface area contributed by atoms with Gasteiger partial charge in [-0.2, -0.15) is 0 Å². The zero-order valence-electron chi connectivity index (χ0n) is 19.4. The van der Waals surface area contributed by atoms with E-state index in [-0.39, 0.29) is 5.91 Å². The molecule has 0 saturated carbocycles. The number of nitrogens with two attached hydrogens (primary N) is 1. The predicted octanol–water partition coefficient (Wildman–Crippen LogP) is 5.12. The number of carbonyl (C=O) groups excluding carboxylic acids is 1. The van der Waals surface area contributed by atoms with E-state index in [1.807, 2.05) is 24.3 Å². The Bertz CT molecular complexity index is 1370. The average molecular weight is 493 g/mol. The second-order valence-corrected chi connectivity index (χ2v) is 8.70. The van der Waals surface area contributed by atoms with Crippen molar-refractivity contribution in [1.82, 2.24) is 9.97 Å². The van der Waals surface area contributed by atoms with Crippen LogP contribution in [0.5, 0.6) is 11.5 Å². The number of hydrogen-bond acceptors (Lipinski definition) is 8. The standard InChI is InChI=1S/C25H25ClN6O3/c1-25(2,27)24(33)28-15-7-6-8-17(13-15)35-32-23-22(29-19-9-4-5-10-20(19)30-23)31-21-14-16(34-3)11-12-18(21)26/h4-14H,27H2,1-3H3,(H,28,33)(H,29,31)(H,30,32). The minimum Gasteiger partial charge on any atom is -0.497 e. The molecule has 180 valence electrons. The van der Waals surface area contributed by atoms with Crippen LogP contribution in [-0.4, -0.2) is 28.5 Å². The molecule has 10 heteroatoms. The molecule has 0 aliphatic rings. The molecule has 1 heterocycles. The van der Waals surface area contributed by atoms with E-state index >= 15 is 0 Å². The van der Waals surface area contributed by atoms with E-state index < -0.39 is 5.54 Å². The van der Waals surface area contributed by atoms with Crippen molar-refractivity contribution in [2.24, 2.45) is 5.73 Å². The van der Waals surface area contributed by atoms with Gasteiger partial charge in [0.1, 0.15) is 5.75 Å². The third-order valence-corrected chi connectivity index (χ3v) is 5.27. The molecule has 0 radical (unpaired) electrons. The van der Waals surface area contributed by atoms with Crippen LogP contribution >= 0.6 is 11.6 Å². The number of aromatic nitrogens is 2. The molecule has 5 N–H and O–H groups in total. The van der Waals surface area contributed by atoms with Gasteiger partial charge in [-0.25, -0.2) is 15.4 Å². The highest BCUT2D eigenvalue weighted by Gasteiger charge is 2.22. The van der Waals surface area contributed by atoms with Crippen molar-refractivity contribution in [3.8, 4) is 11.5 Å². The molecule has 1 amide bonds. The molecule has 0 unspecified atom stereocenters. The third-order valence-electron chi connectivity index (χ3n) is 4.94. The second-order valence-electron chi connectivity index (χ2n) is 8.29. The van der Waals surface area contributed by atoms with E-state index in [1.165, 1.54) is 0 Å². The number of amides is 1. The number of hydrogen-bond donors (Lipinski definition) is 4. The zero-order valence-corrected chi connectivity index (χ0v) is 20.2. The largest absolute Gasteiger partial charge is 0.497 e. The lowest BCUT2D eigenvalue weighted by atomic mass is 10.1. The first kappa shape index (κ1) is 24.1. The number of halogens is 1. The van der Waals surface area contributed by atoms with Gasteiger partial charge in [0.05, 0.1) is 34.4 Å². The fourth-order valence-corrected chi connectivity index (χ4v) is 3.21. The topological polar surface area (TPSA) is 123 Å². The molecule has 0 aliphatic carbocycles. The Labute approximate surface area is 207 Å². The fourth-order valence-electron chi connectivity index (χ4n) is 3.05. The summed E-state index contributed by atoms with van der Waals surface area (Å²) >= 11 is 6.38. The van der Waals surface area contributed by atoms with Crippen LogP contribution in [0, 0.1) is 0 Å². The molecule has 9 nitrogen and oxygen atoms in total. The predicted molar refractivity (Wildman–Crippen MR) is 138 cm³/mol. The Balaban J connectivity index is 1.61. The molecular weight excluding hydrogens is 468 g/mol. The number of fused-ring (bicyclic) bond motifs is 1. The highest BCUT2D eigenvalue weighted by molar-refractivity contribution is 6.33. The molecular formula is C25H25ClN6O3. The fraction of sp³-hybridized carbons (Fsp3) is 0.160. The van der Waals surface area contributed by atoms with E-state index in [0.717, 1.165) is 0 Å². The lowest BCUT2D eigenvalue weighted by Gasteiger charge is -2.18. The van der Waals surface area contributed by atoms with E-state index in [1.54, 1.807) is 63.4 Å². The quantitative estimate of drug-likeness (QED) is 0.250. The first-order chi connectivity index (χ1) is 16.7. The number of anilines is 4. The van der Waals surface area contributed by atoms with Crippen molar-refractivity contribution < 1.29 is 14.4 Å².